The van der Waals surface area contributed by atoms with E-state index in [1.54, 1.807) is 0 Å². The van der Waals surface area contributed by atoms with Gasteiger partial charge in [0, 0.05) is 24.2 Å². The molecule has 17 heavy (non-hydrogen) atoms. The van der Waals surface area contributed by atoms with Crippen LogP contribution in [0.5, 0.6) is 0 Å². The molecule has 0 saturated heterocycles. The van der Waals surface area contributed by atoms with E-state index in [9.17, 15) is 5.11 Å². The summed E-state index contributed by atoms with van der Waals surface area (Å²) >= 11 is 0. The molecule has 0 aliphatic carbocycles. The van der Waals surface area contributed by atoms with Gasteiger partial charge in [0.15, 0.2) is 0 Å². The molecular weight excluding hydrogens is 210 g/mol. The predicted molar refractivity (Wildman–Crippen MR) is 70.1 cm³/mol. The van der Waals surface area contributed by atoms with Gasteiger partial charge in [-0.15, -0.1) is 0 Å². The van der Waals surface area contributed by atoms with Crippen molar-refractivity contribution in [3.8, 4) is 11.1 Å². The van der Waals surface area contributed by atoms with Gasteiger partial charge in [-0.2, -0.15) is 0 Å². The second-order valence-corrected chi connectivity index (χ2v) is 4.44. The number of β-amino-alcohol motifs (C(OH)–C–C–N with tert-alkyl or cyclic N) is 1. The normalized spacial score (nSPS) is 18.3. The van der Waals surface area contributed by atoms with Gasteiger partial charge in [-0.1, -0.05) is 48.5 Å². The summed E-state index contributed by atoms with van der Waals surface area (Å²) in [6.07, 6.45) is 0.469. The molecule has 1 atom stereocenters. The SMILES string of the molecule is OC1CNc2c(cccc2-c2ccccc2)C1. The maximum absolute atomic E-state index is 9.65. The van der Waals surface area contributed by atoms with Gasteiger partial charge in [0.2, 0.25) is 0 Å². The maximum atomic E-state index is 9.65. The van der Waals surface area contributed by atoms with Crippen LogP contribution in [0, 0.1) is 0 Å². The van der Waals surface area contributed by atoms with E-state index in [4.69, 9.17) is 0 Å². The minimum absolute atomic E-state index is 0.270. The monoisotopic (exact) mass is 225 g/mol. The number of benzene rings is 2. The summed E-state index contributed by atoms with van der Waals surface area (Å²) in [6, 6.07) is 16.6. The second kappa shape index (κ2) is 4.22. The average Bonchev–Trinajstić information content (AvgIpc) is 2.39. The molecule has 0 aromatic heterocycles. The minimum Gasteiger partial charge on any atom is -0.391 e. The molecular formula is C15H15NO. The number of anilines is 1. The van der Waals surface area contributed by atoms with Gasteiger partial charge in [0.1, 0.15) is 0 Å². The van der Waals surface area contributed by atoms with E-state index in [2.05, 4.69) is 35.6 Å². The molecule has 0 radical (unpaired) electrons. The molecule has 3 rings (SSSR count). The Bertz CT molecular complexity index is 522. The highest BCUT2D eigenvalue weighted by Crippen LogP contribution is 2.33. The van der Waals surface area contributed by atoms with Crippen molar-refractivity contribution >= 4 is 5.69 Å². The Kier molecular flexibility index (Phi) is 2.57. The molecule has 1 heterocycles. The number of aliphatic hydroxyl groups excluding tert-OH is 1. The Labute approximate surface area is 101 Å². The van der Waals surface area contributed by atoms with E-state index in [0.29, 0.717) is 6.54 Å². The Balaban J connectivity index is 2.10. The molecule has 0 saturated carbocycles. The van der Waals surface area contributed by atoms with Crippen molar-refractivity contribution in [3.63, 3.8) is 0 Å². The molecule has 0 amide bonds. The summed E-state index contributed by atoms with van der Waals surface area (Å²) in [5.41, 5.74) is 4.80. The lowest BCUT2D eigenvalue weighted by Crippen LogP contribution is -2.27. The van der Waals surface area contributed by atoms with E-state index in [0.717, 1.165) is 6.42 Å². The molecule has 2 heteroatoms. The van der Waals surface area contributed by atoms with Crippen molar-refractivity contribution in [2.24, 2.45) is 0 Å². The van der Waals surface area contributed by atoms with Gasteiger partial charge in [-0.3, -0.25) is 0 Å². The highest BCUT2D eigenvalue weighted by atomic mass is 16.3. The largest absolute Gasteiger partial charge is 0.391 e. The fourth-order valence-electron chi connectivity index (χ4n) is 2.38. The van der Waals surface area contributed by atoms with Crippen molar-refractivity contribution < 1.29 is 5.11 Å². The van der Waals surface area contributed by atoms with Crippen LogP contribution in [-0.2, 0) is 6.42 Å². The third-order valence-electron chi connectivity index (χ3n) is 3.21. The molecule has 86 valence electrons. The summed E-state index contributed by atoms with van der Waals surface area (Å²) in [7, 11) is 0. The molecule has 0 spiro atoms. The first-order chi connectivity index (χ1) is 8.34. The zero-order valence-electron chi connectivity index (χ0n) is 9.56. The zero-order valence-corrected chi connectivity index (χ0v) is 9.56. The van der Waals surface area contributed by atoms with Crippen LogP contribution in [0.2, 0.25) is 0 Å². The molecule has 2 aromatic carbocycles. The van der Waals surface area contributed by atoms with Crippen LogP contribution in [-0.4, -0.2) is 17.8 Å². The number of nitrogens with one attached hydrogen (secondary N) is 1. The Hall–Kier alpha value is -1.80. The van der Waals surface area contributed by atoms with Crippen LogP contribution >= 0.6 is 0 Å². The third-order valence-corrected chi connectivity index (χ3v) is 3.21. The van der Waals surface area contributed by atoms with E-state index in [1.807, 2.05) is 18.2 Å². The van der Waals surface area contributed by atoms with Crippen molar-refractivity contribution in [2.45, 2.75) is 12.5 Å². The minimum atomic E-state index is -0.270. The Morgan fingerprint density at radius 1 is 1.00 bits per heavy atom. The average molecular weight is 225 g/mol. The van der Waals surface area contributed by atoms with Crippen molar-refractivity contribution in [3.05, 3.63) is 54.1 Å². The zero-order chi connectivity index (χ0) is 11.7. The molecule has 2 N–H and O–H groups in total. The third kappa shape index (κ3) is 1.92. The highest BCUT2D eigenvalue weighted by molar-refractivity contribution is 5.80. The molecule has 1 aliphatic rings. The van der Waals surface area contributed by atoms with Gasteiger partial charge in [-0.05, 0) is 11.1 Å². The predicted octanol–water partition coefficient (Wildman–Crippen LogP) is 2.68. The molecule has 0 fully saturated rings. The van der Waals surface area contributed by atoms with Crippen LogP contribution in [0.4, 0.5) is 5.69 Å². The summed E-state index contributed by atoms with van der Waals surface area (Å²) in [5, 5.41) is 13.0. The maximum Gasteiger partial charge on any atom is 0.0753 e. The van der Waals surface area contributed by atoms with Crippen LogP contribution < -0.4 is 5.32 Å². The lowest BCUT2D eigenvalue weighted by atomic mass is 9.94. The van der Waals surface area contributed by atoms with Crippen molar-refractivity contribution in [1.82, 2.24) is 0 Å². The first-order valence-electron chi connectivity index (χ1n) is 5.94. The number of hydrogen-bond donors (Lipinski definition) is 2. The van der Waals surface area contributed by atoms with Gasteiger partial charge >= 0.3 is 0 Å². The van der Waals surface area contributed by atoms with Gasteiger partial charge < -0.3 is 10.4 Å². The first-order valence-corrected chi connectivity index (χ1v) is 5.94. The van der Waals surface area contributed by atoms with Crippen molar-refractivity contribution in [1.29, 1.82) is 0 Å². The standard InChI is InChI=1S/C15H15NO/c17-13-9-12-7-4-8-14(15(12)16-10-13)11-5-2-1-3-6-11/h1-8,13,16-17H,9-10H2. The van der Waals surface area contributed by atoms with Crippen LogP contribution in [0.25, 0.3) is 11.1 Å². The number of hydrogen-bond acceptors (Lipinski definition) is 2. The molecule has 1 aliphatic heterocycles. The number of aliphatic hydroxyl groups is 1. The number of rotatable bonds is 1. The van der Waals surface area contributed by atoms with E-state index >= 15 is 0 Å². The molecule has 0 bridgehead atoms. The smallest absolute Gasteiger partial charge is 0.0753 e. The second-order valence-electron chi connectivity index (χ2n) is 4.44. The van der Waals surface area contributed by atoms with Crippen LogP contribution in [0.15, 0.2) is 48.5 Å². The molecule has 1 unspecified atom stereocenters. The number of fused-ring (bicyclic) bond motifs is 1. The van der Waals surface area contributed by atoms with Crippen molar-refractivity contribution in [2.75, 3.05) is 11.9 Å². The number of para-hydroxylation sites is 1. The van der Waals surface area contributed by atoms with E-state index in [1.165, 1.54) is 22.4 Å². The Morgan fingerprint density at radius 3 is 2.65 bits per heavy atom. The topological polar surface area (TPSA) is 32.3 Å². The Morgan fingerprint density at radius 2 is 1.82 bits per heavy atom. The summed E-state index contributed by atoms with van der Waals surface area (Å²) < 4.78 is 0. The fraction of sp³-hybridized carbons (Fsp3) is 0.200. The molecule has 2 aromatic rings. The van der Waals surface area contributed by atoms with Gasteiger partial charge in [0.25, 0.3) is 0 Å². The van der Waals surface area contributed by atoms with Gasteiger partial charge in [0.05, 0.1) is 6.10 Å². The van der Waals surface area contributed by atoms with E-state index < -0.39 is 0 Å². The fourth-order valence-corrected chi connectivity index (χ4v) is 2.38. The van der Waals surface area contributed by atoms with E-state index in [-0.39, 0.29) is 6.10 Å². The highest BCUT2D eigenvalue weighted by Gasteiger charge is 2.18. The van der Waals surface area contributed by atoms with Gasteiger partial charge in [-0.25, -0.2) is 0 Å². The van der Waals surface area contributed by atoms with Crippen LogP contribution in [0.1, 0.15) is 5.56 Å². The summed E-state index contributed by atoms with van der Waals surface area (Å²) in [4.78, 5) is 0. The van der Waals surface area contributed by atoms with Crippen LogP contribution in [0.3, 0.4) is 0 Å². The summed E-state index contributed by atoms with van der Waals surface area (Å²) in [5.74, 6) is 0. The lowest BCUT2D eigenvalue weighted by molar-refractivity contribution is 0.185. The summed E-state index contributed by atoms with van der Waals surface area (Å²) in [6.45, 7) is 0.636. The lowest BCUT2D eigenvalue weighted by Gasteiger charge is -2.25. The molecule has 2 nitrogen and oxygen atoms in total. The first kappa shape index (κ1) is 10.4. The quantitative estimate of drug-likeness (QED) is 0.782.